The van der Waals surface area contributed by atoms with Crippen molar-refractivity contribution in [3.63, 3.8) is 0 Å². The second-order valence-corrected chi connectivity index (χ2v) is 6.61. The van der Waals surface area contributed by atoms with E-state index in [-0.39, 0.29) is 5.54 Å². The Balaban J connectivity index is 2.30. The van der Waals surface area contributed by atoms with Gasteiger partial charge in [0.2, 0.25) is 0 Å². The van der Waals surface area contributed by atoms with Gasteiger partial charge < -0.3 is 14.7 Å². The van der Waals surface area contributed by atoms with Crippen LogP contribution in [0.4, 0.5) is 0 Å². The number of rotatable bonds is 5. The molecule has 0 aliphatic heterocycles. The Hall–Kier alpha value is -1.06. The minimum absolute atomic E-state index is 0.164. The molecule has 3 unspecified atom stereocenters. The molecule has 1 aromatic rings. The first-order chi connectivity index (χ1) is 9.99. The van der Waals surface area contributed by atoms with Gasteiger partial charge in [-0.15, -0.1) is 0 Å². The minimum atomic E-state index is -0.476. The lowest BCUT2D eigenvalue weighted by molar-refractivity contribution is -0.0451. The van der Waals surface area contributed by atoms with Crippen LogP contribution in [0.5, 0.6) is 5.75 Å². The zero-order chi connectivity index (χ0) is 15.5. The largest absolute Gasteiger partial charge is 0.494 e. The summed E-state index contributed by atoms with van der Waals surface area (Å²) in [5.74, 6) is 1.50. The molecular weight excluding hydrogens is 262 g/mol. The SMILES string of the molecule is CCOc1cccc(C(O)C2(N(C)C)CCCC(C)C2)c1. The van der Waals surface area contributed by atoms with Crippen molar-refractivity contribution in [2.24, 2.45) is 5.92 Å². The molecule has 0 saturated heterocycles. The van der Waals surface area contributed by atoms with Crippen LogP contribution in [0, 0.1) is 5.92 Å². The number of aliphatic hydroxyl groups excluding tert-OH is 1. The van der Waals surface area contributed by atoms with Crippen LogP contribution in [-0.2, 0) is 0 Å². The zero-order valence-electron chi connectivity index (χ0n) is 13.8. The summed E-state index contributed by atoms with van der Waals surface area (Å²) < 4.78 is 5.57. The van der Waals surface area contributed by atoms with Gasteiger partial charge in [0, 0.05) is 0 Å². The van der Waals surface area contributed by atoms with Crippen molar-refractivity contribution in [1.29, 1.82) is 0 Å². The first-order valence-corrected chi connectivity index (χ1v) is 8.08. The Bertz CT molecular complexity index is 460. The number of nitrogens with zero attached hydrogens (tertiary/aromatic N) is 1. The molecule has 0 heterocycles. The third-order valence-electron chi connectivity index (χ3n) is 4.89. The molecule has 0 radical (unpaired) electrons. The molecular formula is C18H29NO2. The van der Waals surface area contributed by atoms with Gasteiger partial charge in [-0.25, -0.2) is 0 Å². The first-order valence-electron chi connectivity index (χ1n) is 8.08. The minimum Gasteiger partial charge on any atom is -0.494 e. The van der Waals surface area contributed by atoms with Gasteiger partial charge in [-0.3, -0.25) is 0 Å². The van der Waals surface area contributed by atoms with Crippen LogP contribution >= 0.6 is 0 Å². The van der Waals surface area contributed by atoms with Gasteiger partial charge in [0.05, 0.1) is 18.2 Å². The summed E-state index contributed by atoms with van der Waals surface area (Å²) in [6, 6.07) is 7.92. The molecule has 1 saturated carbocycles. The Morgan fingerprint density at radius 2 is 2.19 bits per heavy atom. The maximum Gasteiger partial charge on any atom is 0.119 e. The molecule has 118 valence electrons. The van der Waals surface area contributed by atoms with Gasteiger partial charge in [-0.1, -0.05) is 31.9 Å². The first kappa shape index (κ1) is 16.3. The summed E-state index contributed by atoms with van der Waals surface area (Å²) >= 11 is 0. The number of likely N-dealkylation sites (N-methyl/N-ethyl adjacent to an activating group) is 1. The molecule has 3 nitrogen and oxygen atoms in total. The number of hydrogen-bond acceptors (Lipinski definition) is 3. The highest BCUT2D eigenvalue weighted by molar-refractivity contribution is 5.32. The number of benzene rings is 1. The molecule has 1 N–H and O–H groups in total. The Labute approximate surface area is 128 Å². The van der Waals surface area contributed by atoms with E-state index in [1.54, 1.807) is 0 Å². The molecule has 21 heavy (non-hydrogen) atoms. The number of ether oxygens (including phenoxy) is 1. The van der Waals surface area contributed by atoms with Gasteiger partial charge >= 0.3 is 0 Å². The van der Waals surface area contributed by atoms with Gasteiger partial charge in [-0.2, -0.15) is 0 Å². The van der Waals surface area contributed by atoms with Gasteiger partial charge in [0.25, 0.3) is 0 Å². The van der Waals surface area contributed by atoms with Crippen LogP contribution in [0.3, 0.4) is 0 Å². The van der Waals surface area contributed by atoms with E-state index in [1.165, 1.54) is 12.8 Å². The van der Waals surface area contributed by atoms with Gasteiger partial charge in [-0.05, 0) is 57.5 Å². The van der Waals surface area contributed by atoms with E-state index >= 15 is 0 Å². The highest BCUT2D eigenvalue weighted by atomic mass is 16.5. The zero-order valence-corrected chi connectivity index (χ0v) is 13.8. The monoisotopic (exact) mass is 291 g/mol. The Morgan fingerprint density at radius 1 is 1.43 bits per heavy atom. The van der Waals surface area contributed by atoms with Crippen molar-refractivity contribution in [2.75, 3.05) is 20.7 Å². The summed E-state index contributed by atoms with van der Waals surface area (Å²) in [7, 11) is 4.18. The molecule has 3 heteroatoms. The maximum atomic E-state index is 11.1. The van der Waals surface area contributed by atoms with Gasteiger partial charge in [0.1, 0.15) is 5.75 Å². The molecule has 1 aliphatic rings. The molecule has 1 fully saturated rings. The van der Waals surface area contributed by atoms with E-state index in [1.807, 2.05) is 31.2 Å². The van der Waals surface area contributed by atoms with Crippen molar-refractivity contribution in [3.8, 4) is 5.75 Å². The lowest BCUT2D eigenvalue weighted by Crippen LogP contribution is -2.52. The van der Waals surface area contributed by atoms with Crippen LogP contribution in [0.25, 0.3) is 0 Å². The van der Waals surface area contributed by atoms with E-state index in [0.717, 1.165) is 24.2 Å². The highest BCUT2D eigenvalue weighted by Gasteiger charge is 2.43. The average molecular weight is 291 g/mol. The van der Waals surface area contributed by atoms with Crippen LogP contribution < -0.4 is 4.74 Å². The van der Waals surface area contributed by atoms with Crippen LogP contribution in [0.1, 0.15) is 51.2 Å². The quantitative estimate of drug-likeness (QED) is 0.899. The Kier molecular flexibility index (Phi) is 5.28. The van der Waals surface area contributed by atoms with Crippen LogP contribution in [0.15, 0.2) is 24.3 Å². The fourth-order valence-electron chi connectivity index (χ4n) is 3.71. The third kappa shape index (κ3) is 3.41. The molecule has 0 amide bonds. The molecule has 3 atom stereocenters. The molecule has 0 aromatic heterocycles. The molecule has 1 aromatic carbocycles. The molecule has 2 rings (SSSR count). The maximum absolute atomic E-state index is 11.1. The normalized spacial score (nSPS) is 27.6. The van der Waals surface area contributed by atoms with E-state index in [9.17, 15) is 5.11 Å². The van der Waals surface area contributed by atoms with Crippen molar-refractivity contribution in [1.82, 2.24) is 4.90 Å². The fourth-order valence-corrected chi connectivity index (χ4v) is 3.71. The van der Waals surface area contributed by atoms with Crippen LogP contribution in [0.2, 0.25) is 0 Å². The summed E-state index contributed by atoms with van der Waals surface area (Å²) in [6.45, 7) is 4.92. The summed E-state index contributed by atoms with van der Waals surface area (Å²) in [5.41, 5.74) is 0.798. The third-order valence-corrected chi connectivity index (χ3v) is 4.89. The van der Waals surface area contributed by atoms with E-state index in [2.05, 4.69) is 25.9 Å². The molecule has 1 aliphatic carbocycles. The predicted octanol–water partition coefficient (Wildman–Crippen LogP) is 3.63. The van der Waals surface area contributed by atoms with E-state index in [4.69, 9.17) is 4.74 Å². The van der Waals surface area contributed by atoms with E-state index < -0.39 is 6.10 Å². The second kappa shape index (κ2) is 6.80. The van der Waals surface area contributed by atoms with Crippen molar-refractivity contribution in [2.45, 2.75) is 51.2 Å². The lowest BCUT2D eigenvalue weighted by Gasteiger charge is -2.48. The Morgan fingerprint density at radius 3 is 2.81 bits per heavy atom. The lowest BCUT2D eigenvalue weighted by atomic mass is 9.71. The summed E-state index contributed by atoms with van der Waals surface area (Å²) in [6.07, 6.45) is 4.06. The summed E-state index contributed by atoms with van der Waals surface area (Å²) in [5, 5.41) is 11.1. The van der Waals surface area contributed by atoms with Gasteiger partial charge in [0.15, 0.2) is 0 Å². The number of hydrogen-bond donors (Lipinski definition) is 1. The standard InChI is InChI=1S/C18H29NO2/c1-5-21-16-10-6-9-15(12-16)17(20)18(19(3)4)11-7-8-14(2)13-18/h6,9-10,12,14,17,20H,5,7-8,11,13H2,1-4H3. The average Bonchev–Trinajstić information content (AvgIpc) is 2.47. The summed E-state index contributed by atoms with van der Waals surface area (Å²) in [4.78, 5) is 2.22. The second-order valence-electron chi connectivity index (χ2n) is 6.61. The predicted molar refractivity (Wildman–Crippen MR) is 86.6 cm³/mol. The smallest absolute Gasteiger partial charge is 0.119 e. The molecule has 0 spiro atoms. The van der Waals surface area contributed by atoms with Crippen molar-refractivity contribution in [3.05, 3.63) is 29.8 Å². The van der Waals surface area contributed by atoms with Crippen molar-refractivity contribution >= 4 is 0 Å². The molecule has 0 bridgehead atoms. The van der Waals surface area contributed by atoms with Crippen molar-refractivity contribution < 1.29 is 9.84 Å². The topological polar surface area (TPSA) is 32.7 Å². The van der Waals surface area contributed by atoms with Crippen LogP contribution in [-0.4, -0.2) is 36.2 Å². The highest BCUT2D eigenvalue weighted by Crippen LogP contribution is 2.44. The fraction of sp³-hybridized carbons (Fsp3) is 0.667. The number of aliphatic hydroxyl groups is 1. The van der Waals surface area contributed by atoms with E-state index in [0.29, 0.717) is 12.5 Å².